The molecule has 0 radical (unpaired) electrons. The van der Waals surface area contributed by atoms with Crippen LogP contribution in [0.25, 0.3) is 0 Å². The summed E-state index contributed by atoms with van der Waals surface area (Å²) in [6.45, 7) is 2.78. The largest absolute Gasteiger partial charge is 0.376 e. The van der Waals surface area contributed by atoms with Crippen LogP contribution in [0.1, 0.15) is 18.5 Å². The standard InChI is InChI=1S/C12H18N4O/c1-7-4-5-9(16-15-7)14-11-10(13)8-3-2-6-17-12(8)11/h4-5,8,10-12H,2-3,6,13H2,1H3,(H,14,16). The summed E-state index contributed by atoms with van der Waals surface area (Å²) in [4.78, 5) is 0. The molecule has 3 N–H and O–H groups in total. The number of nitrogens with zero attached hydrogens (tertiary/aromatic N) is 2. The van der Waals surface area contributed by atoms with E-state index in [-0.39, 0.29) is 18.2 Å². The summed E-state index contributed by atoms with van der Waals surface area (Å²) < 4.78 is 5.77. The molecule has 1 aliphatic heterocycles. The average molecular weight is 234 g/mol. The van der Waals surface area contributed by atoms with Crippen LogP contribution >= 0.6 is 0 Å². The van der Waals surface area contributed by atoms with Crippen LogP contribution in [0.5, 0.6) is 0 Å². The Morgan fingerprint density at radius 3 is 3.06 bits per heavy atom. The first kappa shape index (κ1) is 10.9. The minimum absolute atomic E-state index is 0.170. The van der Waals surface area contributed by atoms with Gasteiger partial charge in [-0.15, -0.1) is 5.10 Å². The Balaban J connectivity index is 1.67. The molecule has 5 nitrogen and oxygen atoms in total. The summed E-state index contributed by atoms with van der Waals surface area (Å²) in [5, 5.41) is 11.5. The van der Waals surface area contributed by atoms with Gasteiger partial charge in [-0.2, -0.15) is 5.10 Å². The molecule has 2 fully saturated rings. The van der Waals surface area contributed by atoms with Gasteiger partial charge in [0.2, 0.25) is 0 Å². The van der Waals surface area contributed by atoms with Gasteiger partial charge in [-0.25, -0.2) is 0 Å². The topological polar surface area (TPSA) is 73.1 Å². The zero-order valence-electron chi connectivity index (χ0n) is 9.97. The second kappa shape index (κ2) is 4.23. The predicted molar refractivity (Wildman–Crippen MR) is 64.6 cm³/mol. The molecular formula is C12H18N4O. The van der Waals surface area contributed by atoms with E-state index in [4.69, 9.17) is 10.5 Å². The number of ether oxygens (including phenoxy) is 1. The van der Waals surface area contributed by atoms with Crippen LogP contribution in [0.3, 0.4) is 0 Å². The third kappa shape index (κ3) is 1.89. The molecule has 1 saturated carbocycles. The lowest BCUT2D eigenvalue weighted by Crippen LogP contribution is -2.69. The molecule has 0 amide bonds. The maximum Gasteiger partial charge on any atom is 0.149 e. The Morgan fingerprint density at radius 1 is 1.41 bits per heavy atom. The number of fused-ring (bicyclic) bond motifs is 1. The van der Waals surface area contributed by atoms with Crippen molar-refractivity contribution in [2.75, 3.05) is 11.9 Å². The van der Waals surface area contributed by atoms with E-state index in [1.165, 1.54) is 6.42 Å². The third-order valence-electron chi connectivity index (χ3n) is 3.79. The molecule has 1 aromatic rings. The quantitative estimate of drug-likeness (QED) is 0.788. The third-order valence-corrected chi connectivity index (χ3v) is 3.79. The maximum atomic E-state index is 6.16. The average Bonchev–Trinajstić information content (AvgIpc) is 2.37. The van der Waals surface area contributed by atoms with E-state index in [0.29, 0.717) is 5.92 Å². The maximum absolute atomic E-state index is 6.16. The van der Waals surface area contributed by atoms with Gasteiger partial charge in [0, 0.05) is 18.6 Å². The first-order valence-corrected chi connectivity index (χ1v) is 6.20. The lowest BCUT2D eigenvalue weighted by atomic mass is 9.68. The summed E-state index contributed by atoms with van der Waals surface area (Å²) in [5.41, 5.74) is 7.08. The van der Waals surface area contributed by atoms with E-state index in [2.05, 4.69) is 15.5 Å². The van der Waals surface area contributed by atoms with Gasteiger partial charge >= 0.3 is 0 Å². The van der Waals surface area contributed by atoms with Crippen molar-refractivity contribution in [3.63, 3.8) is 0 Å². The van der Waals surface area contributed by atoms with Crippen molar-refractivity contribution >= 4 is 5.82 Å². The number of aromatic nitrogens is 2. The molecule has 2 heterocycles. The van der Waals surface area contributed by atoms with Crippen LogP contribution in [-0.2, 0) is 4.74 Å². The first-order valence-electron chi connectivity index (χ1n) is 6.20. The van der Waals surface area contributed by atoms with E-state index in [1.807, 2.05) is 19.1 Å². The molecular weight excluding hydrogens is 216 g/mol. The summed E-state index contributed by atoms with van der Waals surface area (Å²) in [7, 11) is 0. The van der Waals surface area contributed by atoms with Crippen molar-refractivity contribution in [2.24, 2.45) is 11.7 Å². The first-order chi connectivity index (χ1) is 8.25. The van der Waals surface area contributed by atoms with Crippen LogP contribution in [0.4, 0.5) is 5.82 Å². The fraction of sp³-hybridized carbons (Fsp3) is 0.667. The van der Waals surface area contributed by atoms with Crippen molar-refractivity contribution < 1.29 is 4.74 Å². The van der Waals surface area contributed by atoms with E-state index < -0.39 is 0 Å². The number of aryl methyl sites for hydroxylation is 1. The zero-order valence-corrected chi connectivity index (χ0v) is 9.97. The van der Waals surface area contributed by atoms with Crippen molar-refractivity contribution in [2.45, 2.75) is 38.0 Å². The highest BCUT2D eigenvalue weighted by atomic mass is 16.5. The van der Waals surface area contributed by atoms with Crippen LogP contribution in [0, 0.1) is 12.8 Å². The van der Waals surface area contributed by atoms with Crippen molar-refractivity contribution in [1.82, 2.24) is 10.2 Å². The second-order valence-electron chi connectivity index (χ2n) is 4.95. The van der Waals surface area contributed by atoms with E-state index in [0.717, 1.165) is 24.5 Å². The summed E-state index contributed by atoms with van der Waals surface area (Å²) in [5.74, 6) is 1.29. The smallest absolute Gasteiger partial charge is 0.149 e. The number of nitrogens with two attached hydrogens (primary N) is 1. The Morgan fingerprint density at radius 2 is 2.29 bits per heavy atom. The Hall–Kier alpha value is -1.20. The monoisotopic (exact) mass is 234 g/mol. The molecule has 92 valence electrons. The summed E-state index contributed by atoms with van der Waals surface area (Å²) in [6.07, 6.45) is 2.57. The Kier molecular flexibility index (Phi) is 2.72. The zero-order chi connectivity index (χ0) is 11.8. The molecule has 4 unspecified atom stereocenters. The highest BCUT2D eigenvalue weighted by Gasteiger charge is 2.50. The normalized spacial score (nSPS) is 35.9. The van der Waals surface area contributed by atoms with Crippen molar-refractivity contribution in [3.05, 3.63) is 17.8 Å². The Labute approximate surface area is 101 Å². The highest BCUT2D eigenvalue weighted by Crippen LogP contribution is 2.38. The molecule has 1 saturated heterocycles. The minimum atomic E-state index is 0.170. The van der Waals surface area contributed by atoms with Gasteiger partial charge in [-0.3, -0.25) is 0 Å². The number of hydrogen-bond acceptors (Lipinski definition) is 5. The van der Waals surface area contributed by atoms with Gasteiger partial charge in [0.05, 0.1) is 17.8 Å². The molecule has 1 aliphatic carbocycles. The van der Waals surface area contributed by atoms with Crippen LogP contribution in [0.15, 0.2) is 12.1 Å². The van der Waals surface area contributed by atoms with Gasteiger partial charge in [0.15, 0.2) is 0 Å². The molecule has 4 atom stereocenters. The Bertz CT molecular complexity index is 394. The second-order valence-corrected chi connectivity index (χ2v) is 4.95. The number of rotatable bonds is 2. The van der Waals surface area contributed by atoms with Crippen LogP contribution < -0.4 is 11.1 Å². The van der Waals surface area contributed by atoms with E-state index in [1.54, 1.807) is 0 Å². The van der Waals surface area contributed by atoms with Gasteiger partial charge < -0.3 is 15.8 Å². The number of nitrogens with one attached hydrogen (secondary N) is 1. The molecule has 3 rings (SSSR count). The molecule has 5 heteroatoms. The predicted octanol–water partition coefficient (Wildman–Crippen LogP) is 0.702. The highest BCUT2D eigenvalue weighted by molar-refractivity contribution is 5.37. The molecule has 1 aromatic heterocycles. The molecule has 2 aliphatic rings. The van der Waals surface area contributed by atoms with Crippen LogP contribution in [0.2, 0.25) is 0 Å². The van der Waals surface area contributed by atoms with Gasteiger partial charge in [0.25, 0.3) is 0 Å². The van der Waals surface area contributed by atoms with Crippen molar-refractivity contribution in [1.29, 1.82) is 0 Å². The minimum Gasteiger partial charge on any atom is -0.376 e. The fourth-order valence-corrected chi connectivity index (χ4v) is 2.77. The summed E-state index contributed by atoms with van der Waals surface area (Å²) >= 11 is 0. The van der Waals surface area contributed by atoms with Gasteiger partial charge in [-0.1, -0.05) is 0 Å². The van der Waals surface area contributed by atoms with Crippen molar-refractivity contribution in [3.8, 4) is 0 Å². The van der Waals surface area contributed by atoms with E-state index >= 15 is 0 Å². The lowest BCUT2D eigenvalue weighted by Gasteiger charge is -2.52. The number of anilines is 1. The van der Waals surface area contributed by atoms with Gasteiger partial charge in [0.1, 0.15) is 5.82 Å². The molecule has 0 aromatic carbocycles. The van der Waals surface area contributed by atoms with Gasteiger partial charge in [-0.05, 0) is 31.9 Å². The SMILES string of the molecule is Cc1ccc(NC2C(N)C3CCCOC32)nn1. The molecule has 17 heavy (non-hydrogen) atoms. The summed E-state index contributed by atoms with van der Waals surface area (Å²) in [6, 6.07) is 4.23. The molecule has 0 spiro atoms. The van der Waals surface area contributed by atoms with E-state index in [9.17, 15) is 0 Å². The number of hydrogen-bond donors (Lipinski definition) is 2. The van der Waals surface area contributed by atoms with Crippen LogP contribution in [-0.4, -0.2) is 35.0 Å². The lowest BCUT2D eigenvalue weighted by molar-refractivity contribution is -0.104. The fourth-order valence-electron chi connectivity index (χ4n) is 2.77. The molecule has 0 bridgehead atoms.